The van der Waals surface area contributed by atoms with Crippen LogP contribution in [-0.4, -0.2) is 27.0 Å². The molecule has 0 N–H and O–H groups in total. The lowest BCUT2D eigenvalue weighted by atomic mass is 9.94. The zero-order valence-corrected chi connectivity index (χ0v) is 17.5. The van der Waals surface area contributed by atoms with E-state index in [1.165, 1.54) is 6.42 Å². The molecule has 3 aromatic rings. The number of hydrogen-bond acceptors (Lipinski definition) is 4. The summed E-state index contributed by atoms with van der Waals surface area (Å²) >= 11 is 6.22. The van der Waals surface area contributed by atoms with Crippen LogP contribution in [0.25, 0.3) is 17.5 Å². The Morgan fingerprint density at radius 2 is 1.80 bits per heavy atom. The normalized spacial score (nSPS) is 14.8. The highest BCUT2D eigenvalue weighted by Gasteiger charge is 2.26. The Kier molecular flexibility index (Phi) is 6.60. The van der Waals surface area contributed by atoms with Crippen molar-refractivity contribution >= 4 is 23.6 Å². The van der Waals surface area contributed by atoms with E-state index in [0.29, 0.717) is 23.3 Å². The number of aromatic nitrogens is 2. The molecule has 0 spiro atoms. The van der Waals surface area contributed by atoms with Crippen LogP contribution in [0.15, 0.2) is 65.2 Å². The number of amides is 1. The van der Waals surface area contributed by atoms with Gasteiger partial charge in [-0.25, -0.2) is 0 Å². The number of nitrogens with zero attached hydrogens (tertiary/aromatic N) is 3. The number of carbonyl (C=O) groups excluding carboxylic acids is 1. The van der Waals surface area contributed by atoms with Gasteiger partial charge in [0.2, 0.25) is 17.6 Å². The van der Waals surface area contributed by atoms with Gasteiger partial charge < -0.3 is 9.42 Å². The largest absolute Gasteiger partial charge is 0.337 e. The molecule has 1 aliphatic carbocycles. The fourth-order valence-electron chi connectivity index (χ4n) is 3.82. The highest BCUT2D eigenvalue weighted by Crippen LogP contribution is 2.25. The molecule has 0 unspecified atom stereocenters. The maximum Gasteiger partial charge on any atom is 0.247 e. The van der Waals surface area contributed by atoms with Crippen LogP contribution in [0.5, 0.6) is 0 Å². The number of benzene rings is 2. The van der Waals surface area contributed by atoms with Crippen molar-refractivity contribution < 1.29 is 9.32 Å². The molecule has 0 atom stereocenters. The first-order valence-corrected chi connectivity index (χ1v) is 10.7. The van der Waals surface area contributed by atoms with Gasteiger partial charge >= 0.3 is 0 Å². The lowest BCUT2D eigenvalue weighted by Crippen LogP contribution is -2.40. The van der Waals surface area contributed by atoms with E-state index in [4.69, 9.17) is 16.1 Å². The number of halogens is 1. The molecule has 154 valence electrons. The molecule has 0 saturated heterocycles. The molecule has 1 aliphatic rings. The Labute approximate surface area is 181 Å². The minimum absolute atomic E-state index is 0.0683. The van der Waals surface area contributed by atoms with Gasteiger partial charge in [-0.3, -0.25) is 4.79 Å². The molecule has 2 aromatic carbocycles. The number of rotatable bonds is 6. The van der Waals surface area contributed by atoms with E-state index in [1.54, 1.807) is 12.2 Å². The molecule has 1 aromatic heterocycles. The molecule has 30 heavy (non-hydrogen) atoms. The molecule has 1 amide bonds. The van der Waals surface area contributed by atoms with Gasteiger partial charge in [0.15, 0.2) is 0 Å². The summed E-state index contributed by atoms with van der Waals surface area (Å²) in [5, 5.41) is 4.71. The SMILES string of the molecule is O=C(/C=C/c1ccccc1Cl)N(Cc1nc(-c2ccccc2)no1)C1CCCCC1. The Hall–Kier alpha value is -2.92. The second-order valence-electron chi connectivity index (χ2n) is 7.49. The molecule has 1 heterocycles. The van der Waals surface area contributed by atoms with Crippen LogP contribution in [0.2, 0.25) is 5.02 Å². The van der Waals surface area contributed by atoms with E-state index in [9.17, 15) is 4.79 Å². The van der Waals surface area contributed by atoms with Crippen molar-refractivity contribution in [2.75, 3.05) is 0 Å². The van der Waals surface area contributed by atoms with E-state index in [0.717, 1.165) is 36.8 Å². The second-order valence-corrected chi connectivity index (χ2v) is 7.90. The summed E-state index contributed by atoms with van der Waals surface area (Å²) in [6.07, 6.45) is 8.81. The van der Waals surface area contributed by atoms with Gasteiger partial charge in [-0.05, 0) is 30.5 Å². The summed E-state index contributed by atoms with van der Waals surface area (Å²) in [6.45, 7) is 0.302. The Morgan fingerprint density at radius 1 is 1.07 bits per heavy atom. The molecule has 1 fully saturated rings. The van der Waals surface area contributed by atoms with Crippen molar-refractivity contribution in [2.24, 2.45) is 0 Å². The van der Waals surface area contributed by atoms with Gasteiger partial charge in [-0.15, -0.1) is 0 Å². The fraction of sp³-hybridized carbons (Fsp3) is 0.292. The van der Waals surface area contributed by atoms with Crippen molar-refractivity contribution in [1.29, 1.82) is 0 Å². The molecule has 5 nitrogen and oxygen atoms in total. The molecular weight excluding hydrogens is 398 g/mol. The quantitative estimate of drug-likeness (QED) is 0.474. The average molecular weight is 422 g/mol. The molecule has 4 rings (SSSR count). The maximum absolute atomic E-state index is 13.1. The first-order valence-electron chi connectivity index (χ1n) is 10.3. The fourth-order valence-corrected chi connectivity index (χ4v) is 4.01. The highest BCUT2D eigenvalue weighted by atomic mass is 35.5. The molecule has 0 bridgehead atoms. The van der Waals surface area contributed by atoms with Crippen LogP contribution in [0, 0.1) is 0 Å². The molecule has 1 saturated carbocycles. The van der Waals surface area contributed by atoms with E-state index in [2.05, 4.69) is 10.1 Å². The highest BCUT2D eigenvalue weighted by molar-refractivity contribution is 6.32. The summed E-state index contributed by atoms with van der Waals surface area (Å²) in [6, 6.07) is 17.3. The molecule has 0 radical (unpaired) electrons. The van der Waals surface area contributed by atoms with Gasteiger partial charge in [0, 0.05) is 22.7 Å². The Balaban J connectivity index is 1.53. The van der Waals surface area contributed by atoms with E-state index >= 15 is 0 Å². The van der Waals surface area contributed by atoms with Gasteiger partial charge in [0.25, 0.3) is 0 Å². The Bertz CT molecular complexity index is 1010. The summed E-state index contributed by atoms with van der Waals surface area (Å²) < 4.78 is 5.47. The molecule has 6 heteroatoms. The topological polar surface area (TPSA) is 59.2 Å². The van der Waals surface area contributed by atoms with Gasteiger partial charge in [0.05, 0.1) is 0 Å². The third-order valence-corrected chi connectivity index (χ3v) is 5.76. The van der Waals surface area contributed by atoms with Crippen LogP contribution < -0.4 is 0 Å². The second kappa shape index (κ2) is 9.72. The lowest BCUT2D eigenvalue weighted by Gasteiger charge is -2.32. The van der Waals surface area contributed by atoms with Crippen LogP contribution in [0.1, 0.15) is 43.6 Å². The first kappa shape index (κ1) is 20.4. The zero-order chi connectivity index (χ0) is 20.8. The first-order chi connectivity index (χ1) is 14.7. The van der Waals surface area contributed by atoms with Gasteiger partial charge in [0.1, 0.15) is 6.54 Å². The van der Waals surface area contributed by atoms with Crippen LogP contribution >= 0.6 is 11.6 Å². The standard InChI is InChI=1S/C24H24ClN3O2/c25-21-14-8-7-9-18(21)15-16-23(29)28(20-12-5-2-6-13-20)17-22-26-24(27-30-22)19-10-3-1-4-11-19/h1,3-4,7-11,14-16,20H,2,5-6,12-13,17H2/b16-15+. The number of carbonyl (C=O) groups is 1. The lowest BCUT2D eigenvalue weighted by molar-refractivity contribution is -0.130. The summed E-state index contributed by atoms with van der Waals surface area (Å²) in [5.41, 5.74) is 1.71. The summed E-state index contributed by atoms with van der Waals surface area (Å²) in [5.74, 6) is 0.911. The molecule has 0 aliphatic heterocycles. The zero-order valence-electron chi connectivity index (χ0n) is 16.7. The third-order valence-electron chi connectivity index (χ3n) is 5.41. The van der Waals surface area contributed by atoms with Crippen LogP contribution in [0.4, 0.5) is 0 Å². The van der Waals surface area contributed by atoms with Crippen molar-refractivity contribution in [3.63, 3.8) is 0 Å². The van der Waals surface area contributed by atoms with Crippen molar-refractivity contribution in [1.82, 2.24) is 15.0 Å². The summed E-state index contributed by atoms with van der Waals surface area (Å²) in [4.78, 5) is 19.5. The smallest absolute Gasteiger partial charge is 0.247 e. The summed E-state index contributed by atoms with van der Waals surface area (Å²) in [7, 11) is 0. The van der Waals surface area contributed by atoms with E-state index in [1.807, 2.05) is 59.5 Å². The van der Waals surface area contributed by atoms with Gasteiger partial charge in [-0.1, -0.05) is 84.6 Å². The minimum atomic E-state index is -0.0683. The van der Waals surface area contributed by atoms with Crippen LogP contribution in [0.3, 0.4) is 0 Å². The van der Waals surface area contributed by atoms with Crippen LogP contribution in [-0.2, 0) is 11.3 Å². The number of hydrogen-bond donors (Lipinski definition) is 0. The maximum atomic E-state index is 13.1. The Morgan fingerprint density at radius 3 is 2.57 bits per heavy atom. The predicted octanol–water partition coefficient (Wildman–Crippen LogP) is 5.76. The van der Waals surface area contributed by atoms with E-state index < -0.39 is 0 Å². The van der Waals surface area contributed by atoms with Crippen molar-refractivity contribution in [2.45, 2.75) is 44.7 Å². The van der Waals surface area contributed by atoms with E-state index in [-0.39, 0.29) is 11.9 Å². The minimum Gasteiger partial charge on any atom is -0.337 e. The van der Waals surface area contributed by atoms with Gasteiger partial charge in [-0.2, -0.15) is 4.98 Å². The monoisotopic (exact) mass is 421 g/mol. The third kappa shape index (κ3) is 4.97. The molecular formula is C24H24ClN3O2. The average Bonchev–Trinajstić information content (AvgIpc) is 3.27. The predicted molar refractivity (Wildman–Crippen MR) is 118 cm³/mol. The van der Waals surface area contributed by atoms with Crippen molar-refractivity contribution in [3.8, 4) is 11.4 Å². The van der Waals surface area contributed by atoms with Crippen molar-refractivity contribution in [3.05, 3.63) is 77.2 Å².